The van der Waals surface area contributed by atoms with Crippen LogP contribution < -0.4 is 9.47 Å². The number of carbonyl (C=O) groups excluding carboxylic acids is 1. The minimum absolute atomic E-state index is 0.0985. The number of hydrogen-bond acceptors (Lipinski definition) is 5. The SMILES string of the molecule is COCCN(CC(=O)O)C(=O)C1=Cc2cc(OC)ccc2OC1. The quantitative estimate of drug-likeness (QED) is 0.807. The molecule has 1 aromatic rings. The van der Waals surface area contributed by atoms with E-state index in [0.29, 0.717) is 17.1 Å². The number of nitrogens with zero attached hydrogens (tertiary/aromatic N) is 1. The topological polar surface area (TPSA) is 85.3 Å². The number of aliphatic carboxylic acids is 1. The Morgan fingerprint density at radius 2 is 2.13 bits per heavy atom. The molecule has 1 N–H and O–H groups in total. The molecule has 2 rings (SSSR count). The summed E-state index contributed by atoms with van der Waals surface area (Å²) >= 11 is 0. The molecule has 0 radical (unpaired) electrons. The first kappa shape index (κ1) is 16.8. The van der Waals surface area contributed by atoms with Gasteiger partial charge in [-0.3, -0.25) is 9.59 Å². The minimum Gasteiger partial charge on any atom is -0.497 e. The van der Waals surface area contributed by atoms with Crippen LogP contribution in [0.4, 0.5) is 0 Å². The molecule has 0 bridgehead atoms. The zero-order valence-electron chi connectivity index (χ0n) is 13.1. The van der Waals surface area contributed by atoms with Gasteiger partial charge in [0.15, 0.2) is 0 Å². The van der Waals surface area contributed by atoms with Crippen LogP contribution in [0.25, 0.3) is 6.08 Å². The molecule has 0 atom stereocenters. The van der Waals surface area contributed by atoms with E-state index in [1.165, 1.54) is 12.0 Å². The van der Waals surface area contributed by atoms with Crippen LogP contribution in [-0.4, -0.2) is 62.4 Å². The number of benzene rings is 1. The Morgan fingerprint density at radius 3 is 2.78 bits per heavy atom. The summed E-state index contributed by atoms with van der Waals surface area (Å²) in [5.41, 5.74) is 1.11. The normalized spacial score (nSPS) is 12.7. The monoisotopic (exact) mass is 321 g/mol. The third kappa shape index (κ3) is 4.23. The third-order valence-electron chi connectivity index (χ3n) is 3.38. The summed E-state index contributed by atoms with van der Waals surface area (Å²) < 4.78 is 15.6. The molecular formula is C16H19NO6. The van der Waals surface area contributed by atoms with Crippen molar-refractivity contribution in [2.75, 3.05) is 40.5 Å². The van der Waals surface area contributed by atoms with Crippen LogP contribution in [0.3, 0.4) is 0 Å². The smallest absolute Gasteiger partial charge is 0.323 e. The highest BCUT2D eigenvalue weighted by molar-refractivity contribution is 6.00. The summed E-state index contributed by atoms with van der Waals surface area (Å²) in [5.74, 6) is -0.144. The summed E-state index contributed by atoms with van der Waals surface area (Å²) in [6.45, 7) is 0.174. The molecule has 0 unspecified atom stereocenters. The highest BCUT2D eigenvalue weighted by atomic mass is 16.5. The average Bonchev–Trinajstić information content (AvgIpc) is 2.56. The van der Waals surface area contributed by atoms with Crippen molar-refractivity contribution >= 4 is 18.0 Å². The van der Waals surface area contributed by atoms with E-state index in [2.05, 4.69) is 0 Å². The molecule has 0 aromatic heterocycles. The lowest BCUT2D eigenvalue weighted by Crippen LogP contribution is -2.40. The van der Waals surface area contributed by atoms with E-state index in [4.69, 9.17) is 19.3 Å². The Bertz CT molecular complexity index is 625. The molecule has 7 nitrogen and oxygen atoms in total. The van der Waals surface area contributed by atoms with Gasteiger partial charge in [0.05, 0.1) is 19.3 Å². The standard InChI is InChI=1S/C16H19NO6/c1-21-6-5-17(9-15(18)19)16(20)12-7-11-8-13(22-2)3-4-14(11)23-10-12/h3-4,7-8H,5-6,9-10H2,1-2H3,(H,18,19). The third-order valence-corrected chi connectivity index (χ3v) is 3.38. The summed E-state index contributed by atoms with van der Waals surface area (Å²) in [6, 6.07) is 5.30. The summed E-state index contributed by atoms with van der Waals surface area (Å²) in [7, 11) is 3.05. The first-order valence-corrected chi connectivity index (χ1v) is 7.06. The lowest BCUT2D eigenvalue weighted by molar-refractivity contribution is -0.143. The van der Waals surface area contributed by atoms with Crippen LogP contribution in [0.2, 0.25) is 0 Å². The number of carboxylic acids is 1. The molecule has 1 heterocycles. The molecule has 1 amide bonds. The largest absolute Gasteiger partial charge is 0.497 e. The second kappa shape index (κ2) is 7.64. The Kier molecular flexibility index (Phi) is 5.59. The van der Waals surface area contributed by atoms with E-state index in [1.54, 1.807) is 31.4 Å². The lowest BCUT2D eigenvalue weighted by atomic mass is 10.1. The fourth-order valence-corrected chi connectivity index (χ4v) is 2.23. The van der Waals surface area contributed by atoms with Gasteiger partial charge in [0, 0.05) is 19.2 Å². The van der Waals surface area contributed by atoms with Crippen LogP contribution in [0.15, 0.2) is 23.8 Å². The average molecular weight is 321 g/mol. The molecule has 23 heavy (non-hydrogen) atoms. The molecule has 0 aliphatic carbocycles. The predicted molar refractivity (Wildman–Crippen MR) is 82.6 cm³/mol. The van der Waals surface area contributed by atoms with Crippen LogP contribution >= 0.6 is 0 Å². The maximum atomic E-state index is 12.5. The summed E-state index contributed by atoms with van der Waals surface area (Å²) in [6.07, 6.45) is 1.70. The van der Waals surface area contributed by atoms with Crippen molar-refractivity contribution < 1.29 is 28.9 Å². The van der Waals surface area contributed by atoms with Gasteiger partial charge in [-0.1, -0.05) is 0 Å². The van der Waals surface area contributed by atoms with Gasteiger partial charge in [-0.15, -0.1) is 0 Å². The van der Waals surface area contributed by atoms with E-state index >= 15 is 0 Å². The number of hydrogen-bond donors (Lipinski definition) is 1. The summed E-state index contributed by atoms with van der Waals surface area (Å²) in [5, 5.41) is 8.95. The van der Waals surface area contributed by atoms with E-state index in [0.717, 1.165) is 5.56 Å². The first-order valence-electron chi connectivity index (χ1n) is 7.06. The van der Waals surface area contributed by atoms with Gasteiger partial charge in [0.2, 0.25) is 0 Å². The van der Waals surface area contributed by atoms with Gasteiger partial charge in [0.25, 0.3) is 5.91 Å². The Labute approximate surface area is 134 Å². The van der Waals surface area contributed by atoms with E-state index in [9.17, 15) is 9.59 Å². The number of carbonyl (C=O) groups is 2. The molecule has 0 fully saturated rings. The van der Waals surface area contributed by atoms with Crippen molar-refractivity contribution in [1.82, 2.24) is 4.90 Å². The van der Waals surface area contributed by atoms with E-state index in [1.807, 2.05) is 0 Å². The van der Waals surface area contributed by atoms with Crippen molar-refractivity contribution in [3.8, 4) is 11.5 Å². The van der Waals surface area contributed by atoms with Crippen molar-refractivity contribution in [1.29, 1.82) is 0 Å². The number of ether oxygens (including phenoxy) is 3. The Morgan fingerprint density at radius 1 is 1.35 bits per heavy atom. The molecular weight excluding hydrogens is 302 g/mol. The number of fused-ring (bicyclic) bond motifs is 1. The van der Waals surface area contributed by atoms with E-state index in [-0.39, 0.29) is 32.2 Å². The molecule has 7 heteroatoms. The maximum absolute atomic E-state index is 12.5. The number of methoxy groups -OCH3 is 2. The fraction of sp³-hybridized carbons (Fsp3) is 0.375. The fourth-order valence-electron chi connectivity index (χ4n) is 2.23. The van der Waals surface area contributed by atoms with Gasteiger partial charge in [0.1, 0.15) is 24.7 Å². The van der Waals surface area contributed by atoms with Gasteiger partial charge < -0.3 is 24.2 Å². The second-order valence-electron chi connectivity index (χ2n) is 4.98. The first-order chi connectivity index (χ1) is 11.0. The van der Waals surface area contributed by atoms with Gasteiger partial charge in [-0.25, -0.2) is 0 Å². The number of amides is 1. The molecule has 0 saturated carbocycles. The van der Waals surface area contributed by atoms with Crippen molar-refractivity contribution in [2.45, 2.75) is 0 Å². The van der Waals surface area contributed by atoms with Gasteiger partial charge in [-0.05, 0) is 24.3 Å². The number of rotatable bonds is 7. The molecule has 1 aromatic carbocycles. The Balaban J connectivity index is 2.22. The van der Waals surface area contributed by atoms with Crippen molar-refractivity contribution in [3.05, 3.63) is 29.3 Å². The Hall–Kier alpha value is -2.54. The van der Waals surface area contributed by atoms with Crippen LogP contribution in [0.5, 0.6) is 11.5 Å². The second-order valence-corrected chi connectivity index (χ2v) is 4.98. The zero-order valence-corrected chi connectivity index (χ0v) is 13.1. The van der Waals surface area contributed by atoms with Gasteiger partial charge in [-0.2, -0.15) is 0 Å². The molecule has 0 spiro atoms. The van der Waals surface area contributed by atoms with Crippen LogP contribution in [0.1, 0.15) is 5.56 Å². The molecule has 1 aliphatic heterocycles. The van der Waals surface area contributed by atoms with E-state index < -0.39 is 5.97 Å². The highest BCUT2D eigenvalue weighted by Gasteiger charge is 2.24. The van der Waals surface area contributed by atoms with Crippen LogP contribution in [0, 0.1) is 0 Å². The molecule has 124 valence electrons. The summed E-state index contributed by atoms with van der Waals surface area (Å²) in [4.78, 5) is 24.7. The lowest BCUT2D eigenvalue weighted by Gasteiger charge is -2.24. The maximum Gasteiger partial charge on any atom is 0.323 e. The minimum atomic E-state index is -1.08. The predicted octanol–water partition coefficient (Wildman–Crippen LogP) is 1.03. The van der Waals surface area contributed by atoms with Crippen molar-refractivity contribution in [3.63, 3.8) is 0 Å². The number of carboxylic acid groups (broad SMARTS) is 1. The van der Waals surface area contributed by atoms with Crippen LogP contribution in [-0.2, 0) is 14.3 Å². The highest BCUT2D eigenvalue weighted by Crippen LogP contribution is 2.30. The zero-order chi connectivity index (χ0) is 16.8. The molecule has 0 saturated heterocycles. The van der Waals surface area contributed by atoms with Crippen molar-refractivity contribution in [2.24, 2.45) is 0 Å². The van der Waals surface area contributed by atoms with Gasteiger partial charge >= 0.3 is 5.97 Å². The molecule has 1 aliphatic rings.